The molecule has 0 bridgehead atoms. The van der Waals surface area contributed by atoms with E-state index in [1.54, 1.807) is 0 Å². The van der Waals surface area contributed by atoms with Crippen LogP contribution in [0.1, 0.15) is 104 Å². The van der Waals surface area contributed by atoms with E-state index in [9.17, 15) is 0 Å². The first-order valence-electron chi connectivity index (χ1n) is 9.76. The molecule has 3 heteroatoms. The third kappa shape index (κ3) is 4.96. The Labute approximate surface area is 159 Å². The molecule has 144 valence electrons. The SMILES string of the molecule is CC(CCC(C)(C)c1noc(C(C)(C)C)n1)c1cccc(C(C)(C)C)c1. The van der Waals surface area contributed by atoms with E-state index in [2.05, 4.69) is 96.7 Å². The van der Waals surface area contributed by atoms with Gasteiger partial charge in [0.1, 0.15) is 0 Å². The smallest absolute Gasteiger partial charge is 0.232 e. The van der Waals surface area contributed by atoms with E-state index >= 15 is 0 Å². The molecule has 0 radical (unpaired) electrons. The summed E-state index contributed by atoms with van der Waals surface area (Å²) in [4.78, 5) is 4.67. The van der Waals surface area contributed by atoms with Crippen LogP contribution >= 0.6 is 0 Å². The second-order valence-corrected chi connectivity index (χ2v) is 10.4. The van der Waals surface area contributed by atoms with E-state index in [-0.39, 0.29) is 16.2 Å². The Hall–Kier alpha value is -1.64. The molecule has 2 aromatic rings. The maximum Gasteiger partial charge on any atom is 0.232 e. The van der Waals surface area contributed by atoms with Gasteiger partial charge in [0.25, 0.3) is 0 Å². The third-order valence-electron chi connectivity index (χ3n) is 5.20. The summed E-state index contributed by atoms with van der Waals surface area (Å²) in [6.07, 6.45) is 2.12. The molecule has 1 aromatic carbocycles. The van der Waals surface area contributed by atoms with Crippen molar-refractivity contribution < 1.29 is 4.52 Å². The highest BCUT2D eigenvalue weighted by Gasteiger charge is 2.30. The molecular formula is C23H36N2O. The van der Waals surface area contributed by atoms with Crippen LogP contribution in [0.2, 0.25) is 0 Å². The second-order valence-electron chi connectivity index (χ2n) is 10.4. The van der Waals surface area contributed by atoms with Crippen LogP contribution in [0.5, 0.6) is 0 Å². The quantitative estimate of drug-likeness (QED) is 0.611. The summed E-state index contributed by atoms with van der Waals surface area (Å²) in [5.74, 6) is 2.04. The minimum Gasteiger partial charge on any atom is -0.339 e. The molecule has 0 spiro atoms. The Kier molecular flexibility index (Phi) is 5.70. The molecule has 26 heavy (non-hydrogen) atoms. The van der Waals surface area contributed by atoms with Crippen molar-refractivity contribution in [1.29, 1.82) is 0 Å². The standard InChI is InChI=1S/C23H36N2O/c1-16(17-11-10-12-18(15-17)21(2,3)4)13-14-23(8,9)19-24-20(26-25-19)22(5,6)7/h10-12,15-16H,13-14H2,1-9H3. The van der Waals surface area contributed by atoms with Crippen LogP contribution in [0.3, 0.4) is 0 Å². The fourth-order valence-corrected chi connectivity index (χ4v) is 2.97. The van der Waals surface area contributed by atoms with E-state index in [1.807, 2.05) is 0 Å². The molecular weight excluding hydrogens is 320 g/mol. The van der Waals surface area contributed by atoms with Crippen molar-refractivity contribution in [3.63, 3.8) is 0 Å². The van der Waals surface area contributed by atoms with Gasteiger partial charge >= 0.3 is 0 Å². The highest BCUT2D eigenvalue weighted by Crippen LogP contribution is 2.33. The first-order valence-corrected chi connectivity index (χ1v) is 9.76. The maximum atomic E-state index is 5.50. The van der Waals surface area contributed by atoms with Gasteiger partial charge in [-0.25, -0.2) is 0 Å². The first kappa shape index (κ1) is 20.7. The van der Waals surface area contributed by atoms with E-state index in [1.165, 1.54) is 11.1 Å². The number of hydrogen-bond donors (Lipinski definition) is 0. The third-order valence-corrected chi connectivity index (χ3v) is 5.20. The van der Waals surface area contributed by atoms with E-state index < -0.39 is 0 Å². The Morgan fingerprint density at radius 3 is 2.15 bits per heavy atom. The Morgan fingerprint density at radius 1 is 0.962 bits per heavy atom. The predicted molar refractivity (Wildman–Crippen MR) is 109 cm³/mol. The summed E-state index contributed by atoms with van der Waals surface area (Å²) in [5.41, 5.74) is 2.79. The van der Waals surface area contributed by atoms with Crippen molar-refractivity contribution in [2.75, 3.05) is 0 Å². The Morgan fingerprint density at radius 2 is 1.62 bits per heavy atom. The molecule has 0 saturated heterocycles. The highest BCUT2D eigenvalue weighted by molar-refractivity contribution is 5.30. The summed E-state index contributed by atoms with van der Waals surface area (Å²) in [6, 6.07) is 9.03. The molecule has 0 amide bonds. The molecule has 0 fully saturated rings. The van der Waals surface area contributed by atoms with E-state index in [4.69, 9.17) is 4.52 Å². The van der Waals surface area contributed by atoms with Gasteiger partial charge in [0.15, 0.2) is 5.82 Å². The van der Waals surface area contributed by atoms with Gasteiger partial charge in [0.2, 0.25) is 5.89 Å². The lowest BCUT2D eigenvalue weighted by Gasteiger charge is -2.24. The molecule has 1 aromatic heterocycles. The minimum atomic E-state index is -0.109. The van der Waals surface area contributed by atoms with E-state index in [0.717, 1.165) is 18.7 Å². The molecule has 1 atom stereocenters. The largest absolute Gasteiger partial charge is 0.339 e. The van der Waals surface area contributed by atoms with Crippen molar-refractivity contribution in [3.05, 3.63) is 47.1 Å². The molecule has 1 unspecified atom stereocenters. The van der Waals surface area contributed by atoms with Crippen LogP contribution in [-0.2, 0) is 16.2 Å². The summed E-state index contributed by atoms with van der Waals surface area (Å²) in [7, 11) is 0. The van der Waals surface area contributed by atoms with Crippen molar-refractivity contribution in [2.45, 2.75) is 97.3 Å². The van der Waals surface area contributed by atoms with Crippen molar-refractivity contribution >= 4 is 0 Å². The van der Waals surface area contributed by atoms with Gasteiger partial charge in [-0.05, 0) is 35.3 Å². The maximum absolute atomic E-state index is 5.50. The van der Waals surface area contributed by atoms with Crippen molar-refractivity contribution in [2.24, 2.45) is 0 Å². The van der Waals surface area contributed by atoms with Crippen LogP contribution < -0.4 is 0 Å². The van der Waals surface area contributed by atoms with Crippen LogP contribution in [0.15, 0.2) is 28.8 Å². The lowest BCUT2D eigenvalue weighted by Crippen LogP contribution is -2.21. The normalized spacial score (nSPS) is 14.5. The number of aromatic nitrogens is 2. The van der Waals surface area contributed by atoms with Crippen molar-refractivity contribution in [1.82, 2.24) is 10.1 Å². The molecule has 0 aliphatic carbocycles. The monoisotopic (exact) mass is 356 g/mol. The molecule has 0 aliphatic heterocycles. The fourth-order valence-electron chi connectivity index (χ4n) is 2.97. The zero-order chi connectivity index (χ0) is 19.8. The highest BCUT2D eigenvalue weighted by atomic mass is 16.5. The first-order chi connectivity index (χ1) is 11.8. The minimum absolute atomic E-state index is 0.0943. The molecule has 0 aliphatic rings. The van der Waals surface area contributed by atoms with Crippen LogP contribution in [0.25, 0.3) is 0 Å². The topological polar surface area (TPSA) is 38.9 Å². The summed E-state index contributed by atoms with van der Waals surface area (Å²) in [5, 5.41) is 4.27. The molecule has 2 rings (SSSR count). The number of hydrogen-bond acceptors (Lipinski definition) is 3. The van der Waals surface area contributed by atoms with Gasteiger partial charge < -0.3 is 4.52 Å². The Bertz CT molecular complexity index is 729. The second kappa shape index (κ2) is 7.17. The molecule has 0 saturated carbocycles. The lowest BCUT2D eigenvalue weighted by atomic mass is 9.81. The van der Waals surface area contributed by atoms with Gasteiger partial charge in [-0.1, -0.05) is 91.7 Å². The predicted octanol–water partition coefficient (Wildman–Crippen LogP) is 6.53. The zero-order valence-electron chi connectivity index (χ0n) is 18.1. The summed E-state index contributed by atoms with van der Waals surface area (Å²) in [6.45, 7) is 19.8. The molecule has 0 N–H and O–H groups in total. The Balaban J connectivity index is 2.08. The fraction of sp³-hybridized carbons (Fsp3) is 0.652. The van der Waals surface area contributed by atoms with E-state index in [0.29, 0.717) is 11.8 Å². The molecule has 1 heterocycles. The average molecular weight is 357 g/mol. The zero-order valence-corrected chi connectivity index (χ0v) is 18.1. The summed E-state index contributed by atoms with van der Waals surface area (Å²) >= 11 is 0. The van der Waals surface area contributed by atoms with Gasteiger partial charge in [0.05, 0.1) is 0 Å². The summed E-state index contributed by atoms with van der Waals surface area (Å²) < 4.78 is 5.50. The number of nitrogens with zero attached hydrogens (tertiary/aromatic N) is 2. The van der Waals surface area contributed by atoms with Gasteiger partial charge in [-0.2, -0.15) is 4.98 Å². The van der Waals surface area contributed by atoms with Gasteiger partial charge in [-0.3, -0.25) is 0 Å². The van der Waals surface area contributed by atoms with Crippen molar-refractivity contribution in [3.8, 4) is 0 Å². The van der Waals surface area contributed by atoms with Crippen LogP contribution in [0.4, 0.5) is 0 Å². The number of rotatable bonds is 5. The average Bonchev–Trinajstić information content (AvgIpc) is 3.03. The van der Waals surface area contributed by atoms with Crippen LogP contribution in [0, 0.1) is 0 Å². The van der Waals surface area contributed by atoms with Gasteiger partial charge in [0, 0.05) is 10.8 Å². The molecule has 3 nitrogen and oxygen atoms in total. The van der Waals surface area contributed by atoms with Gasteiger partial charge in [-0.15, -0.1) is 0 Å². The number of benzene rings is 1. The lowest BCUT2D eigenvalue weighted by molar-refractivity contribution is 0.310. The van der Waals surface area contributed by atoms with Crippen LogP contribution in [-0.4, -0.2) is 10.1 Å².